The molecule has 0 aromatic heterocycles. The second kappa shape index (κ2) is 7.93. The lowest BCUT2D eigenvalue weighted by atomic mass is 10.1. The smallest absolute Gasteiger partial charge is 0.258 e. The Hall–Kier alpha value is -0.683. The standard InChI is InChI=1S/C18H28BrFO2Si/c1-11(2)23(12(3)4,13(5)6)22-18-9-16(20)15(8-14(18)7)17(21)10-19/h8-9,11-13H,10H2,1-7H3. The lowest BCUT2D eigenvalue weighted by Crippen LogP contribution is -2.50. The van der Waals surface area contributed by atoms with E-state index in [2.05, 4.69) is 57.5 Å². The summed E-state index contributed by atoms with van der Waals surface area (Å²) in [6, 6.07) is 2.99. The van der Waals surface area contributed by atoms with Crippen molar-refractivity contribution in [2.45, 2.75) is 65.1 Å². The Morgan fingerprint density at radius 3 is 2.00 bits per heavy atom. The summed E-state index contributed by atoms with van der Waals surface area (Å²) in [5.41, 5.74) is 2.17. The van der Waals surface area contributed by atoms with E-state index in [1.807, 2.05) is 6.92 Å². The van der Waals surface area contributed by atoms with Crippen molar-refractivity contribution in [1.82, 2.24) is 0 Å². The molecule has 0 spiro atoms. The minimum atomic E-state index is -2.14. The van der Waals surface area contributed by atoms with E-state index in [1.54, 1.807) is 6.07 Å². The third kappa shape index (κ3) is 4.05. The third-order valence-electron chi connectivity index (χ3n) is 4.68. The van der Waals surface area contributed by atoms with Gasteiger partial charge in [-0.2, -0.15) is 0 Å². The first-order valence-corrected chi connectivity index (χ1v) is 11.4. The van der Waals surface area contributed by atoms with Crippen LogP contribution in [0, 0.1) is 12.7 Å². The van der Waals surface area contributed by atoms with Crippen LogP contribution in [0.5, 0.6) is 5.75 Å². The lowest BCUT2D eigenvalue weighted by Gasteiger charge is -2.42. The molecule has 0 unspecified atom stereocenters. The molecule has 2 nitrogen and oxygen atoms in total. The summed E-state index contributed by atoms with van der Waals surface area (Å²) >= 11 is 3.09. The second-order valence-corrected chi connectivity index (χ2v) is 13.0. The topological polar surface area (TPSA) is 26.3 Å². The number of halogens is 2. The van der Waals surface area contributed by atoms with Crippen molar-refractivity contribution in [1.29, 1.82) is 0 Å². The fourth-order valence-electron chi connectivity index (χ4n) is 3.60. The predicted molar refractivity (Wildman–Crippen MR) is 101 cm³/mol. The Balaban J connectivity index is 3.36. The zero-order chi connectivity index (χ0) is 17.9. The van der Waals surface area contributed by atoms with Crippen LogP contribution in [0.2, 0.25) is 16.6 Å². The first kappa shape index (κ1) is 20.4. The van der Waals surface area contributed by atoms with Gasteiger partial charge in [-0.3, -0.25) is 4.79 Å². The van der Waals surface area contributed by atoms with Crippen LogP contribution in [0.4, 0.5) is 4.39 Å². The van der Waals surface area contributed by atoms with Crippen molar-refractivity contribution >= 4 is 30.0 Å². The molecule has 0 amide bonds. The zero-order valence-electron chi connectivity index (χ0n) is 15.2. The minimum absolute atomic E-state index is 0.117. The van der Waals surface area contributed by atoms with Gasteiger partial charge in [-0.25, -0.2) is 4.39 Å². The minimum Gasteiger partial charge on any atom is -0.542 e. The van der Waals surface area contributed by atoms with Gasteiger partial charge in [-0.1, -0.05) is 57.5 Å². The molecule has 0 heterocycles. The van der Waals surface area contributed by atoms with Gasteiger partial charge in [0.25, 0.3) is 8.32 Å². The number of carbonyl (C=O) groups is 1. The van der Waals surface area contributed by atoms with E-state index in [-0.39, 0.29) is 16.7 Å². The van der Waals surface area contributed by atoms with Gasteiger partial charge >= 0.3 is 0 Å². The maximum Gasteiger partial charge on any atom is 0.258 e. The zero-order valence-corrected chi connectivity index (χ0v) is 17.8. The summed E-state index contributed by atoms with van der Waals surface area (Å²) in [7, 11) is -2.14. The van der Waals surface area contributed by atoms with E-state index >= 15 is 0 Å². The summed E-state index contributed by atoms with van der Waals surface area (Å²) < 4.78 is 20.9. The summed E-state index contributed by atoms with van der Waals surface area (Å²) in [5, 5.41) is 0.117. The molecule has 0 fully saturated rings. The Bertz CT molecular complexity index is 549. The fourth-order valence-corrected chi connectivity index (χ4v) is 9.21. The molecular weight excluding hydrogens is 375 g/mol. The Morgan fingerprint density at radius 1 is 1.13 bits per heavy atom. The quantitative estimate of drug-likeness (QED) is 0.305. The average molecular weight is 403 g/mol. The van der Waals surface area contributed by atoms with Crippen molar-refractivity contribution in [3.8, 4) is 5.75 Å². The van der Waals surface area contributed by atoms with Crippen LogP contribution < -0.4 is 4.43 Å². The van der Waals surface area contributed by atoms with Crippen LogP contribution in [0.25, 0.3) is 0 Å². The van der Waals surface area contributed by atoms with Gasteiger partial charge in [0.1, 0.15) is 11.6 Å². The average Bonchev–Trinajstić information content (AvgIpc) is 2.45. The lowest BCUT2D eigenvalue weighted by molar-refractivity contribution is 0.102. The van der Waals surface area contributed by atoms with Crippen molar-refractivity contribution < 1.29 is 13.6 Å². The molecule has 0 saturated carbocycles. The molecule has 1 aromatic rings. The monoisotopic (exact) mass is 402 g/mol. The van der Waals surface area contributed by atoms with E-state index in [0.717, 1.165) is 5.56 Å². The third-order valence-corrected chi connectivity index (χ3v) is 11.2. The molecule has 5 heteroatoms. The van der Waals surface area contributed by atoms with E-state index in [1.165, 1.54) is 6.07 Å². The number of Topliss-reactive ketones (excluding diaryl/α,β-unsaturated/α-hetero) is 1. The highest BCUT2D eigenvalue weighted by molar-refractivity contribution is 9.09. The molecule has 0 radical (unpaired) electrons. The number of hydrogen-bond acceptors (Lipinski definition) is 2. The molecule has 130 valence electrons. The van der Waals surface area contributed by atoms with Crippen molar-refractivity contribution in [2.24, 2.45) is 0 Å². The van der Waals surface area contributed by atoms with Gasteiger partial charge in [-0.05, 0) is 35.2 Å². The first-order chi connectivity index (χ1) is 10.6. The molecule has 1 rings (SSSR count). The number of hydrogen-bond donors (Lipinski definition) is 0. The van der Waals surface area contributed by atoms with E-state index in [0.29, 0.717) is 22.4 Å². The highest BCUT2D eigenvalue weighted by atomic mass is 79.9. The molecule has 0 saturated heterocycles. The van der Waals surface area contributed by atoms with Gasteiger partial charge in [0.15, 0.2) is 5.78 Å². The Labute approximate surface area is 149 Å². The number of rotatable bonds is 7. The Kier molecular flexibility index (Phi) is 7.02. The molecule has 0 aliphatic heterocycles. The van der Waals surface area contributed by atoms with Crippen LogP contribution in [0.15, 0.2) is 12.1 Å². The molecular formula is C18H28BrFO2Si. The number of alkyl halides is 1. The van der Waals surface area contributed by atoms with E-state index in [4.69, 9.17) is 4.43 Å². The summed E-state index contributed by atoms with van der Waals surface area (Å²) in [6.07, 6.45) is 0. The van der Waals surface area contributed by atoms with Gasteiger partial charge in [0, 0.05) is 6.07 Å². The predicted octanol–water partition coefficient (Wildman–Crippen LogP) is 6.27. The first-order valence-electron chi connectivity index (χ1n) is 8.16. The van der Waals surface area contributed by atoms with Crippen molar-refractivity contribution in [2.75, 3.05) is 5.33 Å². The maximum atomic E-state index is 14.3. The van der Waals surface area contributed by atoms with Crippen LogP contribution in [-0.4, -0.2) is 19.4 Å². The molecule has 0 N–H and O–H groups in total. The number of ketones is 1. The highest BCUT2D eigenvalue weighted by Gasteiger charge is 2.47. The number of aryl methyl sites for hydroxylation is 1. The molecule has 0 bridgehead atoms. The van der Waals surface area contributed by atoms with Crippen LogP contribution >= 0.6 is 15.9 Å². The largest absolute Gasteiger partial charge is 0.542 e. The van der Waals surface area contributed by atoms with Crippen LogP contribution in [0.3, 0.4) is 0 Å². The molecule has 0 aliphatic carbocycles. The van der Waals surface area contributed by atoms with E-state index < -0.39 is 14.1 Å². The fraction of sp³-hybridized carbons (Fsp3) is 0.611. The van der Waals surface area contributed by atoms with E-state index in [9.17, 15) is 9.18 Å². The molecule has 0 atom stereocenters. The van der Waals surface area contributed by atoms with Crippen LogP contribution in [0.1, 0.15) is 57.5 Å². The van der Waals surface area contributed by atoms with Crippen molar-refractivity contribution in [3.05, 3.63) is 29.1 Å². The van der Waals surface area contributed by atoms with Crippen LogP contribution in [-0.2, 0) is 0 Å². The van der Waals surface area contributed by atoms with Gasteiger partial charge in [-0.15, -0.1) is 0 Å². The Morgan fingerprint density at radius 2 is 1.61 bits per heavy atom. The molecule has 0 aliphatic rings. The normalized spacial score (nSPS) is 12.3. The van der Waals surface area contributed by atoms with Gasteiger partial charge in [0.2, 0.25) is 0 Å². The SMILES string of the molecule is Cc1cc(C(=O)CBr)c(F)cc1O[Si](C(C)C)(C(C)C)C(C)C. The summed E-state index contributed by atoms with van der Waals surface area (Å²) in [5.74, 6) is -0.178. The highest BCUT2D eigenvalue weighted by Crippen LogP contribution is 2.43. The van der Waals surface area contributed by atoms with Crippen molar-refractivity contribution in [3.63, 3.8) is 0 Å². The van der Waals surface area contributed by atoms with Gasteiger partial charge in [0.05, 0.1) is 10.9 Å². The maximum absolute atomic E-state index is 14.3. The summed E-state index contributed by atoms with van der Waals surface area (Å²) in [4.78, 5) is 11.8. The molecule has 1 aromatic carbocycles. The molecule has 23 heavy (non-hydrogen) atoms. The second-order valence-electron chi connectivity index (χ2n) is 7.07. The number of carbonyl (C=O) groups excluding carboxylic acids is 1. The number of benzene rings is 1. The summed E-state index contributed by atoms with van der Waals surface area (Å²) in [6.45, 7) is 15.0. The van der Waals surface area contributed by atoms with Gasteiger partial charge < -0.3 is 4.43 Å².